The summed E-state index contributed by atoms with van der Waals surface area (Å²) in [7, 11) is 0. The molecule has 5 heteroatoms. The molecule has 0 fully saturated rings. The second-order valence-electron chi connectivity index (χ2n) is 2.95. The SMILES string of the molecule is CC(O)C(O)[C@H](O)[C@H](O)[C@@H](C)O. The van der Waals surface area contributed by atoms with Gasteiger partial charge in [0.25, 0.3) is 0 Å². The van der Waals surface area contributed by atoms with Crippen LogP contribution in [0.1, 0.15) is 13.8 Å². The molecule has 0 aromatic rings. The summed E-state index contributed by atoms with van der Waals surface area (Å²) in [5.41, 5.74) is 0. The lowest BCUT2D eigenvalue weighted by molar-refractivity contribution is -0.127. The number of aliphatic hydroxyl groups is 5. The Morgan fingerprint density at radius 3 is 1.00 bits per heavy atom. The summed E-state index contributed by atoms with van der Waals surface area (Å²) < 4.78 is 0. The van der Waals surface area contributed by atoms with Gasteiger partial charge in [-0.3, -0.25) is 0 Å². The van der Waals surface area contributed by atoms with E-state index in [1.807, 2.05) is 0 Å². The number of aliphatic hydroxyl groups excluding tert-OH is 5. The van der Waals surface area contributed by atoms with Gasteiger partial charge in [-0.15, -0.1) is 0 Å². The van der Waals surface area contributed by atoms with Crippen molar-refractivity contribution in [1.82, 2.24) is 0 Å². The van der Waals surface area contributed by atoms with Crippen LogP contribution in [-0.2, 0) is 0 Å². The summed E-state index contributed by atoms with van der Waals surface area (Å²) in [6.45, 7) is 2.56. The molecular formula is C7H16O5. The fourth-order valence-electron chi connectivity index (χ4n) is 0.773. The van der Waals surface area contributed by atoms with Crippen molar-refractivity contribution in [2.24, 2.45) is 0 Å². The van der Waals surface area contributed by atoms with Crippen molar-refractivity contribution in [1.29, 1.82) is 0 Å². The van der Waals surface area contributed by atoms with Crippen molar-refractivity contribution in [3.05, 3.63) is 0 Å². The molecule has 0 bridgehead atoms. The molecule has 2 unspecified atom stereocenters. The molecule has 74 valence electrons. The fourth-order valence-corrected chi connectivity index (χ4v) is 0.773. The zero-order valence-corrected chi connectivity index (χ0v) is 7.12. The van der Waals surface area contributed by atoms with Gasteiger partial charge in [0.15, 0.2) is 0 Å². The minimum absolute atomic E-state index is 1.15. The molecule has 12 heavy (non-hydrogen) atoms. The smallest absolute Gasteiger partial charge is 0.111 e. The van der Waals surface area contributed by atoms with Crippen molar-refractivity contribution >= 4 is 0 Å². The second kappa shape index (κ2) is 4.74. The molecule has 0 saturated carbocycles. The molecular weight excluding hydrogens is 164 g/mol. The van der Waals surface area contributed by atoms with Crippen molar-refractivity contribution < 1.29 is 25.5 Å². The highest BCUT2D eigenvalue weighted by Crippen LogP contribution is 2.07. The molecule has 5 atom stereocenters. The maximum absolute atomic E-state index is 9.11. The third-order valence-corrected chi connectivity index (χ3v) is 1.69. The zero-order chi connectivity index (χ0) is 9.89. The van der Waals surface area contributed by atoms with Gasteiger partial charge in [-0.2, -0.15) is 0 Å². The molecule has 0 saturated heterocycles. The Morgan fingerprint density at radius 1 is 0.583 bits per heavy atom. The van der Waals surface area contributed by atoms with Crippen LogP contribution in [0.5, 0.6) is 0 Å². The average Bonchev–Trinajstić information content (AvgIpc) is 2.00. The van der Waals surface area contributed by atoms with Gasteiger partial charge in [-0.25, -0.2) is 0 Å². The summed E-state index contributed by atoms with van der Waals surface area (Å²) in [5, 5.41) is 44.8. The maximum atomic E-state index is 9.11. The van der Waals surface area contributed by atoms with E-state index >= 15 is 0 Å². The monoisotopic (exact) mass is 180 g/mol. The van der Waals surface area contributed by atoms with Crippen LogP contribution < -0.4 is 0 Å². The third kappa shape index (κ3) is 3.04. The van der Waals surface area contributed by atoms with E-state index in [0.717, 1.165) is 0 Å². The highest BCUT2D eigenvalue weighted by Gasteiger charge is 2.30. The first-order valence-electron chi connectivity index (χ1n) is 3.78. The molecule has 0 aromatic carbocycles. The molecule has 5 nitrogen and oxygen atoms in total. The lowest BCUT2D eigenvalue weighted by Gasteiger charge is -2.26. The number of hydrogen-bond donors (Lipinski definition) is 5. The Kier molecular flexibility index (Phi) is 4.66. The molecule has 0 aromatic heterocycles. The van der Waals surface area contributed by atoms with Gasteiger partial charge in [0.1, 0.15) is 18.3 Å². The van der Waals surface area contributed by atoms with E-state index in [-0.39, 0.29) is 0 Å². The average molecular weight is 180 g/mol. The molecule has 5 N–H and O–H groups in total. The Labute approximate surface area is 70.9 Å². The quantitative estimate of drug-likeness (QED) is 0.339. The van der Waals surface area contributed by atoms with Crippen molar-refractivity contribution in [2.45, 2.75) is 44.4 Å². The maximum Gasteiger partial charge on any atom is 0.111 e. The van der Waals surface area contributed by atoms with Crippen LogP contribution in [0.2, 0.25) is 0 Å². The first kappa shape index (κ1) is 11.8. The molecule has 0 aliphatic heterocycles. The van der Waals surface area contributed by atoms with Crippen molar-refractivity contribution in [3.8, 4) is 0 Å². The van der Waals surface area contributed by atoms with Crippen molar-refractivity contribution in [2.75, 3.05) is 0 Å². The second-order valence-corrected chi connectivity index (χ2v) is 2.95. The molecule has 0 spiro atoms. The highest BCUT2D eigenvalue weighted by atomic mass is 16.4. The first-order chi connectivity index (χ1) is 5.37. The molecule has 0 heterocycles. The van der Waals surface area contributed by atoms with Crippen LogP contribution in [0.3, 0.4) is 0 Å². The standard InChI is InChI=1S/C7H16O5/c1-3(8)5(10)7(12)6(11)4(2)9/h3-12H,1-2H3/t3-,4?,5-,6?,7-/m1/s1. The summed E-state index contributed by atoms with van der Waals surface area (Å²) in [6.07, 6.45) is -6.73. The molecule has 0 rings (SSSR count). The molecule has 0 radical (unpaired) electrons. The van der Waals surface area contributed by atoms with E-state index in [1.165, 1.54) is 13.8 Å². The zero-order valence-electron chi connectivity index (χ0n) is 7.12. The fraction of sp³-hybridized carbons (Fsp3) is 1.00. The van der Waals surface area contributed by atoms with Gasteiger partial charge in [0.05, 0.1) is 12.2 Å². The van der Waals surface area contributed by atoms with Crippen molar-refractivity contribution in [3.63, 3.8) is 0 Å². The van der Waals surface area contributed by atoms with Crippen LogP contribution in [-0.4, -0.2) is 56.1 Å². The predicted molar refractivity (Wildman–Crippen MR) is 41.4 cm³/mol. The Balaban J connectivity index is 4.08. The Morgan fingerprint density at radius 2 is 0.833 bits per heavy atom. The van der Waals surface area contributed by atoms with Gasteiger partial charge in [-0.1, -0.05) is 0 Å². The Bertz CT molecular complexity index is 111. The van der Waals surface area contributed by atoms with Crippen LogP contribution in [0.4, 0.5) is 0 Å². The summed E-state index contributed by atoms with van der Waals surface area (Å²) in [6, 6.07) is 0. The van der Waals surface area contributed by atoms with Gasteiger partial charge in [-0.05, 0) is 13.8 Å². The minimum atomic E-state index is -1.54. The topological polar surface area (TPSA) is 101 Å². The lowest BCUT2D eigenvalue weighted by Crippen LogP contribution is -2.47. The molecule has 0 amide bonds. The van der Waals surface area contributed by atoms with Crippen LogP contribution >= 0.6 is 0 Å². The van der Waals surface area contributed by atoms with E-state index < -0.39 is 30.5 Å². The van der Waals surface area contributed by atoms with E-state index in [4.69, 9.17) is 25.5 Å². The van der Waals surface area contributed by atoms with Crippen LogP contribution in [0.15, 0.2) is 0 Å². The number of rotatable bonds is 4. The Hall–Kier alpha value is -0.200. The summed E-state index contributed by atoms with van der Waals surface area (Å²) in [4.78, 5) is 0. The van der Waals surface area contributed by atoms with E-state index in [2.05, 4.69) is 0 Å². The van der Waals surface area contributed by atoms with E-state index in [9.17, 15) is 0 Å². The van der Waals surface area contributed by atoms with Crippen LogP contribution in [0, 0.1) is 0 Å². The predicted octanol–water partition coefficient (Wildman–Crippen LogP) is -2.17. The normalized spacial score (nSPS) is 24.2. The largest absolute Gasteiger partial charge is 0.391 e. The van der Waals surface area contributed by atoms with Gasteiger partial charge in [0.2, 0.25) is 0 Å². The van der Waals surface area contributed by atoms with Crippen LogP contribution in [0.25, 0.3) is 0 Å². The van der Waals surface area contributed by atoms with Gasteiger partial charge in [0, 0.05) is 0 Å². The molecule has 0 aliphatic carbocycles. The third-order valence-electron chi connectivity index (χ3n) is 1.69. The van der Waals surface area contributed by atoms with Gasteiger partial charge >= 0.3 is 0 Å². The van der Waals surface area contributed by atoms with E-state index in [1.54, 1.807) is 0 Å². The van der Waals surface area contributed by atoms with Gasteiger partial charge < -0.3 is 25.5 Å². The summed E-state index contributed by atoms with van der Waals surface area (Å²) in [5.74, 6) is 0. The van der Waals surface area contributed by atoms with E-state index in [0.29, 0.717) is 0 Å². The minimum Gasteiger partial charge on any atom is -0.391 e. The number of hydrogen-bond acceptors (Lipinski definition) is 5. The highest BCUT2D eigenvalue weighted by molar-refractivity contribution is 4.81. The molecule has 0 aliphatic rings. The summed E-state index contributed by atoms with van der Waals surface area (Å²) >= 11 is 0. The lowest BCUT2D eigenvalue weighted by atomic mass is 10.0. The first-order valence-corrected chi connectivity index (χ1v) is 3.78.